The Morgan fingerprint density at radius 3 is 1.56 bits per heavy atom. The molecule has 0 rings (SSSR count). The summed E-state index contributed by atoms with van der Waals surface area (Å²) in [6.07, 6.45) is 2.74. The Morgan fingerprint density at radius 2 is 1.28 bits per heavy atom. The highest BCUT2D eigenvalue weighted by atomic mass is 16.6. The van der Waals surface area contributed by atoms with Crippen LogP contribution in [0.5, 0.6) is 0 Å². The predicted octanol–water partition coefficient (Wildman–Crippen LogP) is 6.51. The Bertz CT molecular complexity index is 298. The quantitative estimate of drug-likeness (QED) is 0.601. The number of nitrogens with one attached hydrogen (secondary N) is 2. The van der Waals surface area contributed by atoms with Gasteiger partial charge in [0.1, 0.15) is 5.60 Å². The van der Waals surface area contributed by atoms with Crippen molar-refractivity contribution in [3.05, 3.63) is 0 Å². The van der Waals surface area contributed by atoms with E-state index in [-0.39, 0.29) is 6.04 Å². The maximum Gasteiger partial charge on any atom is 0.415 e. The van der Waals surface area contributed by atoms with Gasteiger partial charge >= 0.3 is 12.1 Å². The van der Waals surface area contributed by atoms with Crippen molar-refractivity contribution in [3.8, 4) is 0 Å². The van der Waals surface area contributed by atoms with Crippen molar-refractivity contribution in [1.29, 1.82) is 0 Å². The summed E-state index contributed by atoms with van der Waals surface area (Å²) in [5.41, 5.74) is -0.604. The molecule has 25 heavy (non-hydrogen) atoms. The van der Waals surface area contributed by atoms with Crippen molar-refractivity contribution in [2.75, 3.05) is 0 Å². The molecule has 0 spiro atoms. The molecule has 0 aromatic carbocycles. The normalized spacial score (nSPS) is 11.7. The number of imide groups is 1. The van der Waals surface area contributed by atoms with Crippen molar-refractivity contribution in [2.45, 2.75) is 114 Å². The second kappa shape index (κ2) is 20.8. The molecule has 0 aliphatic carbocycles. The fourth-order valence-corrected chi connectivity index (χ4v) is 1.13. The summed E-state index contributed by atoms with van der Waals surface area (Å²) in [7, 11) is 0. The third kappa shape index (κ3) is 31.1. The SMILES string of the molecule is CC.CCC.CCC.CCC(C)[C@H](C)NC(=O)NC(=O)OC(C)(C)C. The molecule has 0 radical (unpaired) electrons. The summed E-state index contributed by atoms with van der Waals surface area (Å²) in [4.78, 5) is 22.7. The van der Waals surface area contributed by atoms with E-state index in [1.807, 2.05) is 27.7 Å². The first kappa shape index (κ1) is 31.5. The van der Waals surface area contributed by atoms with Crippen LogP contribution in [-0.2, 0) is 4.74 Å². The van der Waals surface area contributed by atoms with Gasteiger partial charge in [-0.2, -0.15) is 0 Å². The molecule has 5 heteroatoms. The molecule has 0 heterocycles. The number of carbonyl (C=O) groups excluding carboxylic acids is 2. The lowest BCUT2D eigenvalue weighted by Crippen LogP contribution is -2.46. The summed E-state index contributed by atoms with van der Waals surface area (Å²) in [5.74, 6) is 0.361. The van der Waals surface area contributed by atoms with Crippen LogP contribution >= 0.6 is 0 Å². The van der Waals surface area contributed by atoms with Crippen LogP contribution in [0.15, 0.2) is 0 Å². The first-order valence-corrected chi connectivity index (χ1v) is 9.79. The van der Waals surface area contributed by atoms with Gasteiger partial charge in [0, 0.05) is 6.04 Å². The van der Waals surface area contributed by atoms with Gasteiger partial charge in [-0.1, -0.05) is 74.7 Å². The lowest BCUT2D eigenvalue weighted by molar-refractivity contribution is 0.0546. The van der Waals surface area contributed by atoms with E-state index >= 15 is 0 Å². The lowest BCUT2D eigenvalue weighted by Gasteiger charge is -2.22. The number of hydrogen-bond acceptors (Lipinski definition) is 3. The Hall–Kier alpha value is -1.26. The molecule has 0 aromatic heterocycles. The standard InChI is InChI=1S/C12H24N2O3.2C3H8.C2H6/c1-7-8(2)9(3)13-10(15)14-11(16)17-12(4,5)6;2*1-3-2;1-2/h8-9H,7H2,1-6H3,(H2,13,14,15,16);2*3H2,1-2H3;1-2H3/t8?,9-;;;/m0.../s1. The maximum atomic E-state index is 11.4. The van der Waals surface area contributed by atoms with Crippen molar-refractivity contribution in [1.82, 2.24) is 10.6 Å². The van der Waals surface area contributed by atoms with Gasteiger partial charge < -0.3 is 10.1 Å². The molecule has 2 N–H and O–H groups in total. The largest absolute Gasteiger partial charge is 0.443 e. The fraction of sp³-hybridized carbons (Fsp3) is 0.900. The van der Waals surface area contributed by atoms with Gasteiger partial charge in [0.25, 0.3) is 0 Å². The van der Waals surface area contributed by atoms with Crippen LogP contribution in [0, 0.1) is 5.92 Å². The highest BCUT2D eigenvalue weighted by Crippen LogP contribution is 2.07. The molecule has 2 atom stereocenters. The zero-order valence-electron chi connectivity index (χ0n) is 19.0. The molecule has 1 unspecified atom stereocenters. The third-order valence-corrected chi connectivity index (χ3v) is 2.47. The van der Waals surface area contributed by atoms with Crippen LogP contribution in [0.25, 0.3) is 0 Å². The van der Waals surface area contributed by atoms with E-state index in [0.717, 1.165) is 6.42 Å². The lowest BCUT2D eigenvalue weighted by atomic mass is 10.0. The van der Waals surface area contributed by atoms with Gasteiger partial charge in [-0.05, 0) is 33.6 Å². The van der Waals surface area contributed by atoms with Crippen molar-refractivity contribution >= 4 is 12.1 Å². The Balaban J connectivity index is -0.000000234. The molecule has 0 aliphatic heterocycles. The van der Waals surface area contributed by atoms with Gasteiger partial charge in [-0.3, -0.25) is 0 Å². The predicted molar refractivity (Wildman–Crippen MR) is 110 cm³/mol. The number of carbonyl (C=O) groups is 2. The number of alkyl carbamates (subject to hydrolysis) is 1. The minimum Gasteiger partial charge on any atom is -0.443 e. The minimum absolute atomic E-state index is 0.0161. The Kier molecular flexibility index (Phi) is 26.2. The van der Waals surface area contributed by atoms with Crippen molar-refractivity contribution in [3.63, 3.8) is 0 Å². The van der Waals surface area contributed by atoms with Gasteiger partial charge in [0.2, 0.25) is 0 Å². The fourth-order valence-electron chi connectivity index (χ4n) is 1.13. The van der Waals surface area contributed by atoms with Gasteiger partial charge in [0.15, 0.2) is 0 Å². The second-order valence-corrected chi connectivity index (χ2v) is 6.69. The minimum atomic E-state index is -0.730. The van der Waals surface area contributed by atoms with Crippen LogP contribution in [0.4, 0.5) is 9.59 Å². The van der Waals surface area contributed by atoms with Gasteiger partial charge in [-0.15, -0.1) is 0 Å². The van der Waals surface area contributed by atoms with Crippen LogP contribution in [0.2, 0.25) is 0 Å². The maximum absolute atomic E-state index is 11.4. The van der Waals surface area contributed by atoms with E-state index in [9.17, 15) is 9.59 Å². The van der Waals surface area contributed by atoms with E-state index < -0.39 is 17.7 Å². The molecule has 3 amide bonds. The number of ether oxygens (including phenoxy) is 1. The van der Waals surface area contributed by atoms with E-state index in [1.54, 1.807) is 20.8 Å². The topological polar surface area (TPSA) is 67.4 Å². The monoisotopic (exact) mass is 362 g/mol. The molecule has 0 aromatic rings. The number of rotatable bonds is 3. The summed E-state index contributed by atoms with van der Waals surface area (Å²) in [5, 5.41) is 4.83. The Labute approximate surface area is 157 Å². The molecule has 0 aliphatic rings. The van der Waals surface area contributed by atoms with Crippen LogP contribution in [0.1, 0.15) is 102 Å². The summed E-state index contributed by atoms with van der Waals surface area (Å²) >= 11 is 0. The van der Waals surface area contributed by atoms with Crippen LogP contribution in [0.3, 0.4) is 0 Å². The van der Waals surface area contributed by atoms with Crippen molar-refractivity contribution in [2.24, 2.45) is 5.92 Å². The molecule has 0 saturated heterocycles. The molecule has 154 valence electrons. The first-order chi connectivity index (χ1) is 11.5. The first-order valence-electron chi connectivity index (χ1n) is 9.79. The Morgan fingerprint density at radius 1 is 0.920 bits per heavy atom. The van der Waals surface area contributed by atoms with E-state index in [1.165, 1.54) is 12.8 Å². The van der Waals surface area contributed by atoms with Crippen molar-refractivity contribution < 1.29 is 14.3 Å². The molecule has 0 saturated carbocycles. The highest BCUT2D eigenvalue weighted by Gasteiger charge is 2.19. The van der Waals surface area contributed by atoms with Crippen LogP contribution in [-0.4, -0.2) is 23.8 Å². The van der Waals surface area contributed by atoms with E-state index in [0.29, 0.717) is 5.92 Å². The molecule has 5 nitrogen and oxygen atoms in total. The number of urea groups is 1. The number of hydrogen-bond donors (Lipinski definition) is 2. The average Bonchev–Trinajstić information content (AvgIpc) is 2.47. The van der Waals surface area contributed by atoms with E-state index in [4.69, 9.17) is 4.74 Å². The summed E-state index contributed by atoms with van der Waals surface area (Å²) in [6, 6.07) is -0.505. The third-order valence-electron chi connectivity index (χ3n) is 2.47. The zero-order valence-corrected chi connectivity index (χ0v) is 19.0. The van der Waals surface area contributed by atoms with Gasteiger partial charge in [-0.25, -0.2) is 14.9 Å². The van der Waals surface area contributed by atoms with Crippen LogP contribution < -0.4 is 10.6 Å². The molecular formula is C20H46N2O3. The number of amides is 3. The van der Waals surface area contributed by atoms with Gasteiger partial charge in [0.05, 0.1) is 0 Å². The summed E-state index contributed by atoms with van der Waals surface area (Å²) in [6.45, 7) is 23.7. The average molecular weight is 363 g/mol. The second-order valence-electron chi connectivity index (χ2n) is 6.69. The smallest absolute Gasteiger partial charge is 0.415 e. The van der Waals surface area contributed by atoms with E-state index in [2.05, 4.69) is 45.3 Å². The molecular weight excluding hydrogens is 316 g/mol. The zero-order chi connectivity index (χ0) is 21.1. The highest BCUT2D eigenvalue weighted by molar-refractivity contribution is 5.90. The molecule has 0 fully saturated rings. The summed E-state index contributed by atoms with van der Waals surface area (Å²) < 4.78 is 4.97. The molecule has 0 bridgehead atoms.